The van der Waals surface area contributed by atoms with Crippen molar-refractivity contribution in [2.24, 2.45) is 0 Å². The SMILES string of the molecule is CCNC(c1ccccc1Cl)c1ccc(C)c(C)c1OC. The second-order valence-electron chi connectivity index (χ2n) is 5.14. The molecule has 0 aliphatic rings. The number of hydrogen-bond acceptors (Lipinski definition) is 2. The third kappa shape index (κ3) is 3.22. The van der Waals surface area contributed by atoms with Gasteiger partial charge >= 0.3 is 0 Å². The molecular formula is C18H22ClNO. The van der Waals surface area contributed by atoms with Crippen LogP contribution in [0.2, 0.25) is 5.02 Å². The van der Waals surface area contributed by atoms with Crippen molar-refractivity contribution < 1.29 is 4.74 Å². The maximum Gasteiger partial charge on any atom is 0.127 e. The highest BCUT2D eigenvalue weighted by molar-refractivity contribution is 6.31. The summed E-state index contributed by atoms with van der Waals surface area (Å²) in [6.45, 7) is 7.13. The van der Waals surface area contributed by atoms with Crippen LogP contribution in [0.25, 0.3) is 0 Å². The average molecular weight is 304 g/mol. The third-order valence-corrected chi connectivity index (χ3v) is 4.19. The minimum Gasteiger partial charge on any atom is -0.496 e. The van der Waals surface area contributed by atoms with E-state index in [9.17, 15) is 0 Å². The van der Waals surface area contributed by atoms with Gasteiger partial charge in [0.1, 0.15) is 5.75 Å². The second-order valence-corrected chi connectivity index (χ2v) is 5.55. The molecule has 0 aliphatic carbocycles. The Morgan fingerprint density at radius 3 is 2.43 bits per heavy atom. The zero-order valence-corrected chi connectivity index (χ0v) is 13.8. The number of ether oxygens (including phenoxy) is 1. The number of nitrogens with one attached hydrogen (secondary N) is 1. The van der Waals surface area contributed by atoms with E-state index in [1.807, 2.05) is 18.2 Å². The second kappa shape index (κ2) is 6.97. The van der Waals surface area contributed by atoms with E-state index in [-0.39, 0.29) is 6.04 Å². The molecule has 2 nitrogen and oxygen atoms in total. The van der Waals surface area contributed by atoms with Gasteiger partial charge in [0.2, 0.25) is 0 Å². The predicted molar refractivity (Wildman–Crippen MR) is 89.4 cm³/mol. The topological polar surface area (TPSA) is 21.3 Å². The van der Waals surface area contributed by atoms with Crippen molar-refractivity contribution in [1.29, 1.82) is 0 Å². The molecule has 2 aromatic carbocycles. The molecule has 0 aromatic heterocycles. The Labute approximate surface area is 132 Å². The van der Waals surface area contributed by atoms with Crippen molar-refractivity contribution in [3.63, 3.8) is 0 Å². The fourth-order valence-electron chi connectivity index (χ4n) is 2.61. The molecule has 0 heterocycles. The van der Waals surface area contributed by atoms with E-state index in [4.69, 9.17) is 16.3 Å². The average Bonchev–Trinajstić information content (AvgIpc) is 2.48. The lowest BCUT2D eigenvalue weighted by molar-refractivity contribution is 0.401. The standard InChI is InChI=1S/C18H22ClNO/c1-5-20-17(14-8-6-7-9-16(14)19)15-11-10-12(2)13(3)18(15)21-4/h6-11,17,20H,5H2,1-4H3. The van der Waals surface area contributed by atoms with Gasteiger partial charge in [0.25, 0.3) is 0 Å². The normalized spacial score (nSPS) is 12.2. The van der Waals surface area contributed by atoms with Gasteiger partial charge in [-0.15, -0.1) is 0 Å². The van der Waals surface area contributed by atoms with Crippen LogP contribution >= 0.6 is 11.6 Å². The minimum atomic E-state index is 0.0259. The lowest BCUT2D eigenvalue weighted by atomic mass is 9.94. The Morgan fingerprint density at radius 2 is 1.81 bits per heavy atom. The first-order valence-electron chi connectivity index (χ1n) is 7.22. The maximum atomic E-state index is 6.39. The fourth-order valence-corrected chi connectivity index (χ4v) is 2.85. The molecule has 1 unspecified atom stereocenters. The highest BCUT2D eigenvalue weighted by Gasteiger charge is 2.21. The van der Waals surface area contributed by atoms with Gasteiger partial charge in [-0.05, 0) is 43.1 Å². The summed E-state index contributed by atoms with van der Waals surface area (Å²) in [4.78, 5) is 0. The Kier molecular flexibility index (Phi) is 5.27. The molecule has 1 N–H and O–H groups in total. The van der Waals surface area contributed by atoms with Gasteiger partial charge in [0, 0.05) is 10.6 Å². The Bertz CT molecular complexity index is 625. The van der Waals surface area contributed by atoms with Crippen LogP contribution < -0.4 is 10.1 Å². The van der Waals surface area contributed by atoms with Gasteiger partial charge in [-0.1, -0.05) is 48.9 Å². The molecule has 0 amide bonds. The highest BCUT2D eigenvalue weighted by atomic mass is 35.5. The summed E-state index contributed by atoms with van der Waals surface area (Å²) in [6.07, 6.45) is 0. The zero-order chi connectivity index (χ0) is 15.4. The van der Waals surface area contributed by atoms with E-state index >= 15 is 0 Å². The molecule has 0 saturated carbocycles. The van der Waals surface area contributed by atoms with Crippen molar-refractivity contribution in [1.82, 2.24) is 5.32 Å². The van der Waals surface area contributed by atoms with Gasteiger partial charge < -0.3 is 10.1 Å². The Balaban J connectivity index is 2.59. The van der Waals surface area contributed by atoms with Gasteiger partial charge in [-0.2, -0.15) is 0 Å². The van der Waals surface area contributed by atoms with Crippen LogP contribution in [0.15, 0.2) is 36.4 Å². The Hall–Kier alpha value is -1.51. The largest absolute Gasteiger partial charge is 0.496 e. The van der Waals surface area contributed by atoms with Gasteiger partial charge in [-0.25, -0.2) is 0 Å². The lowest BCUT2D eigenvalue weighted by Crippen LogP contribution is -2.23. The quantitative estimate of drug-likeness (QED) is 0.867. The van der Waals surface area contributed by atoms with E-state index in [0.717, 1.165) is 28.4 Å². The molecule has 0 fully saturated rings. The van der Waals surface area contributed by atoms with E-state index in [0.29, 0.717) is 0 Å². The summed E-state index contributed by atoms with van der Waals surface area (Å²) in [6, 6.07) is 12.2. The first-order valence-corrected chi connectivity index (χ1v) is 7.59. The first kappa shape index (κ1) is 15.9. The van der Waals surface area contributed by atoms with Crippen LogP contribution in [0.3, 0.4) is 0 Å². The van der Waals surface area contributed by atoms with Crippen molar-refractivity contribution in [2.45, 2.75) is 26.8 Å². The molecule has 2 rings (SSSR count). The van der Waals surface area contributed by atoms with Crippen LogP contribution in [0, 0.1) is 13.8 Å². The Morgan fingerprint density at radius 1 is 1.10 bits per heavy atom. The van der Waals surface area contributed by atoms with Crippen molar-refractivity contribution >= 4 is 11.6 Å². The van der Waals surface area contributed by atoms with Crippen molar-refractivity contribution in [3.8, 4) is 5.75 Å². The van der Waals surface area contributed by atoms with E-state index in [1.54, 1.807) is 7.11 Å². The van der Waals surface area contributed by atoms with Crippen LogP contribution in [0.5, 0.6) is 5.75 Å². The summed E-state index contributed by atoms with van der Waals surface area (Å²) in [5.41, 5.74) is 4.59. The van der Waals surface area contributed by atoms with E-state index < -0.39 is 0 Å². The van der Waals surface area contributed by atoms with Gasteiger partial charge in [0.15, 0.2) is 0 Å². The molecule has 0 aliphatic heterocycles. The van der Waals surface area contributed by atoms with Crippen molar-refractivity contribution in [3.05, 3.63) is 63.7 Å². The molecule has 1 atom stereocenters. The third-order valence-electron chi connectivity index (χ3n) is 3.85. The number of benzene rings is 2. The molecule has 3 heteroatoms. The maximum absolute atomic E-state index is 6.39. The molecule has 21 heavy (non-hydrogen) atoms. The summed E-state index contributed by atoms with van der Waals surface area (Å²) in [5, 5.41) is 4.28. The molecule has 112 valence electrons. The smallest absolute Gasteiger partial charge is 0.127 e. The van der Waals surface area contributed by atoms with E-state index in [2.05, 4.69) is 44.3 Å². The summed E-state index contributed by atoms with van der Waals surface area (Å²) >= 11 is 6.39. The number of rotatable bonds is 5. The monoisotopic (exact) mass is 303 g/mol. The fraction of sp³-hybridized carbons (Fsp3) is 0.333. The molecule has 0 bridgehead atoms. The molecule has 2 aromatic rings. The predicted octanol–water partition coefficient (Wildman–Crippen LogP) is 4.66. The number of halogens is 1. The number of hydrogen-bond donors (Lipinski definition) is 1. The lowest BCUT2D eigenvalue weighted by Gasteiger charge is -2.24. The van der Waals surface area contributed by atoms with Gasteiger partial charge in [-0.3, -0.25) is 0 Å². The highest BCUT2D eigenvalue weighted by Crippen LogP contribution is 2.36. The number of aryl methyl sites for hydroxylation is 1. The van der Waals surface area contributed by atoms with Gasteiger partial charge in [0.05, 0.1) is 13.2 Å². The molecule has 0 spiro atoms. The molecule has 0 radical (unpaired) electrons. The first-order chi connectivity index (χ1) is 10.1. The van der Waals surface area contributed by atoms with Crippen LogP contribution in [-0.4, -0.2) is 13.7 Å². The van der Waals surface area contributed by atoms with Crippen LogP contribution in [-0.2, 0) is 0 Å². The summed E-state index contributed by atoms with van der Waals surface area (Å²) in [5.74, 6) is 0.931. The summed E-state index contributed by atoms with van der Waals surface area (Å²) in [7, 11) is 1.72. The zero-order valence-electron chi connectivity index (χ0n) is 13.0. The molecular weight excluding hydrogens is 282 g/mol. The number of methoxy groups -OCH3 is 1. The van der Waals surface area contributed by atoms with E-state index in [1.165, 1.54) is 11.1 Å². The van der Waals surface area contributed by atoms with Crippen LogP contribution in [0.1, 0.15) is 35.2 Å². The minimum absolute atomic E-state index is 0.0259. The molecule has 0 saturated heterocycles. The summed E-state index contributed by atoms with van der Waals surface area (Å²) < 4.78 is 5.66. The van der Waals surface area contributed by atoms with Crippen molar-refractivity contribution in [2.75, 3.05) is 13.7 Å². The van der Waals surface area contributed by atoms with Crippen LogP contribution in [0.4, 0.5) is 0 Å².